The summed E-state index contributed by atoms with van der Waals surface area (Å²) in [4.78, 5) is 37.4. The molecule has 0 bridgehead atoms. The largest absolute Gasteiger partial charge is 0.466 e. The minimum absolute atomic E-state index is 0.126. The summed E-state index contributed by atoms with van der Waals surface area (Å²) in [7, 11) is 0. The fraction of sp³-hybridized carbons (Fsp3) is 0.444. The summed E-state index contributed by atoms with van der Waals surface area (Å²) in [5.74, 6) is 1.89. The van der Waals surface area contributed by atoms with Crippen LogP contribution in [0.15, 0.2) is 31.5 Å². The lowest BCUT2D eigenvalue weighted by Crippen LogP contribution is -2.39. The van der Waals surface area contributed by atoms with Crippen molar-refractivity contribution < 1.29 is 9.21 Å². The fourth-order valence-corrected chi connectivity index (χ4v) is 4.28. The third-order valence-electron chi connectivity index (χ3n) is 4.72. The molecule has 6 nitrogen and oxygen atoms in total. The van der Waals surface area contributed by atoms with E-state index in [1.807, 2.05) is 26.0 Å². The third kappa shape index (κ3) is 2.76. The minimum Gasteiger partial charge on any atom is -0.466 e. The number of Topliss-reactive ketones (excluding diaryl/α,β-unsaturated/α-hetero) is 1. The van der Waals surface area contributed by atoms with E-state index >= 15 is 0 Å². The van der Waals surface area contributed by atoms with Gasteiger partial charge in [-0.25, -0.2) is 9.98 Å². The van der Waals surface area contributed by atoms with Gasteiger partial charge in [0.05, 0.1) is 17.4 Å². The van der Waals surface area contributed by atoms with Gasteiger partial charge in [0.1, 0.15) is 17.3 Å². The van der Waals surface area contributed by atoms with Crippen LogP contribution in [-0.2, 0) is 4.79 Å². The van der Waals surface area contributed by atoms with E-state index in [0.29, 0.717) is 28.7 Å². The Morgan fingerprint density at radius 1 is 1.28 bits per heavy atom. The van der Waals surface area contributed by atoms with Crippen molar-refractivity contribution in [1.82, 2.24) is 9.97 Å². The average Bonchev–Trinajstić information content (AvgIpc) is 3.00. The second kappa shape index (κ2) is 6.29. The molecule has 2 aliphatic rings. The van der Waals surface area contributed by atoms with Gasteiger partial charge in [-0.15, -0.1) is 0 Å². The molecule has 2 atom stereocenters. The summed E-state index contributed by atoms with van der Waals surface area (Å²) in [5.41, 5.74) is 1.04. The number of carbonyl (C=O) groups is 1. The van der Waals surface area contributed by atoms with Gasteiger partial charge < -0.3 is 9.40 Å². The van der Waals surface area contributed by atoms with Gasteiger partial charge in [0, 0.05) is 12.1 Å². The van der Waals surface area contributed by atoms with Gasteiger partial charge in [0.15, 0.2) is 11.0 Å². The minimum atomic E-state index is -0.444. The zero-order valence-electron chi connectivity index (χ0n) is 14.2. The number of aryl methyl sites for hydroxylation is 1. The van der Waals surface area contributed by atoms with Crippen LogP contribution in [0.2, 0.25) is 0 Å². The highest BCUT2D eigenvalue weighted by atomic mass is 32.2. The Morgan fingerprint density at radius 3 is 2.84 bits per heavy atom. The zero-order chi connectivity index (χ0) is 17.6. The Balaban J connectivity index is 1.94. The van der Waals surface area contributed by atoms with Gasteiger partial charge in [0.25, 0.3) is 5.56 Å². The van der Waals surface area contributed by atoms with E-state index in [-0.39, 0.29) is 11.3 Å². The van der Waals surface area contributed by atoms with Crippen LogP contribution in [0, 0.1) is 12.8 Å². The maximum absolute atomic E-state index is 12.8. The summed E-state index contributed by atoms with van der Waals surface area (Å²) >= 11 is 1.47. The molecule has 4 rings (SSSR count). The van der Waals surface area contributed by atoms with Crippen LogP contribution in [0.1, 0.15) is 49.2 Å². The number of nitrogens with one attached hydrogen (secondary N) is 1. The molecule has 0 aromatic carbocycles. The van der Waals surface area contributed by atoms with Crippen molar-refractivity contribution in [2.24, 2.45) is 10.9 Å². The molecule has 1 aliphatic carbocycles. The van der Waals surface area contributed by atoms with Crippen LogP contribution in [-0.4, -0.2) is 27.2 Å². The summed E-state index contributed by atoms with van der Waals surface area (Å²) in [5, 5.41) is 0.561. The second-order valence-corrected chi connectivity index (χ2v) is 7.62. The maximum atomic E-state index is 12.8. The normalized spacial score (nSPS) is 22.3. The molecule has 0 amide bonds. The summed E-state index contributed by atoms with van der Waals surface area (Å²) < 4.78 is 5.82. The van der Waals surface area contributed by atoms with Gasteiger partial charge in [-0.3, -0.25) is 9.59 Å². The predicted molar refractivity (Wildman–Crippen MR) is 96.0 cm³/mol. The number of furan rings is 1. The Kier molecular flexibility index (Phi) is 4.11. The fourth-order valence-electron chi connectivity index (χ4n) is 3.70. The van der Waals surface area contributed by atoms with Crippen molar-refractivity contribution in [3.05, 3.63) is 39.6 Å². The van der Waals surface area contributed by atoms with Gasteiger partial charge >= 0.3 is 0 Å². The number of hydrogen-bond acceptors (Lipinski definition) is 6. The highest BCUT2D eigenvalue weighted by Gasteiger charge is 2.44. The average molecular weight is 357 g/mol. The molecule has 0 spiro atoms. The van der Waals surface area contributed by atoms with Crippen LogP contribution in [0.25, 0.3) is 0 Å². The smallest absolute Gasteiger partial charge is 0.257 e. The molecular formula is C18H19N3O3S. The first-order valence-electron chi connectivity index (χ1n) is 8.52. The molecule has 0 radical (unpaired) electrons. The molecule has 2 unspecified atom stereocenters. The number of carbonyl (C=O) groups excluding carboxylic acids is 1. The summed E-state index contributed by atoms with van der Waals surface area (Å²) in [6, 6.07) is 3.71. The quantitative estimate of drug-likeness (QED) is 0.672. The molecule has 3 heterocycles. The second-order valence-electron chi connectivity index (χ2n) is 6.37. The molecule has 2 aromatic heterocycles. The monoisotopic (exact) mass is 357 g/mol. The number of aliphatic imine (C=N–C) groups is 1. The summed E-state index contributed by atoms with van der Waals surface area (Å²) in [6.45, 7) is 3.86. The number of H-pyrrole nitrogens is 1. The molecule has 1 aliphatic heterocycles. The molecule has 130 valence electrons. The van der Waals surface area contributed by atoms with Gasteiger partial charge in [-0.2, -0.15) is 0 Å². The van der Waals surface area contributed by atoms with E-state index in [4.69, 9.17) is 4.42 Å². The van der Waals surface area contributed by atoms with Crippen molar-refractivity contribution in [1.29, 1.82) is 0 Å². The molecule has 1 saturated carbocycles. The maximum Gasteiger partial charge on any atom is 0.257 e. The molecule has 1 N–H and O–H groups in total. The van der Waals surface area contributed by atoms with Crippen LogP contribution < -0.4 is 5.56 Å². The first-order chi connectivity index (χ1) is 12.1. The number of aromatic nitrogens is 2. The molecule has 0 saturated heterocycles. The molecule has 25 heavy (non-hydrogen) atoms. The van der Waals surface area contributed by atoms with E-state index in [1.54, 1.807) is 0 Å². The predicted octanol–water partition coefficient (Wildman–Crippen LogP) is 3.37. The van der Waals surface area contributed by atoms with Crippen molar-refractivity contribution in [2.45, 2.75) is 44.2 Å². The number of aromatic amines is 1. The third-order valence-corrected chi connectivity index (χ3v) is 5.47. The van der Waals surface area contributed by atoms with E-state index < -0.39 is 11.8 Å². The van der Waals surface area contributed by atoms with Gasteiger partial charge in [0.2, 0.25) is 0 Å². The number of rotatable bonds is 3. The Hall–Kier alpha value is -2.15. The first-order valence-corrected chi connectivity index (χ1v) is 9.50. The van der Waals surface area contributed by atoms with Crippen LogP contribution in [0.3, 0.4) is 0 Å². The van der Waals surface area contributed by atoms with Crippen molar-refractivity contribution in [2.75, 3.05) is 5.75 Å². The number of hydrogen-bond donors (Lipinski definition) is 1. The lowest BCUT2D eigenvalue weighted by molar-refractivity contribution is -0.122. The number of thioether (sulfide) groups is 1. The standard InChI is InChI=1S/C18H19N3O3S/c1-3-25-18-20-16-15(17(23)21-18)14(12-8-7-9(2)24-12)13-10(19-16)5-4-6-11(13)22/h7-8,13-14H,3-6H2,1-2H3,(H,20,21,23). The topological polar surface area (TPSA) is 88.3 Å². The number of fused-ring (bicyclic) bond motifs is 2. The van der Waals surface area contributed by atoms with Crippen LogP contribution in [0.5, 0.6) is 0 Å². The van der Waals surface area contributed by atoms with E-state index in [2.05, 4.69) is 15.0 Å². The van der Waals surface area contributed by atoms with Gasteiger partial charge in [-0.05, 0) is 37.7 Å². The van der Waals surface area contributed by atoms with Gasteiger partial charge in [-0.1, -0.05) is 18.7 Å². The Labute approximate surface area is 149 Å². The highest BCUT2D eigenvalue weighted by Crippen LogP contribution is 2.44. The van der Waals surface area contributed by atoms with Crippen LogP contribution in [0.4, 0.5) is 5.82 Å². The van der Waals surface area contributed by atoms with Crippen LogP contribution >= 0.6 is 11.8 Å². The van der Waals surface area contributed by atoms with E-state index in [0.717, 1.165) is 30.1 Å². The zero-order valence-corrected chi connectivity index (χ0v) is 15.0. The Morgan fingerprint density at radius 2 is 2.12 bits per heavy atom. The SMILES string of the molecule is CCSc1nc2c(c(=O)[nH]1)C(c1ccc(C)o1)C1C(=O)CCCC1=N2. The highest BCUT2D eigenvalue weighted by molar-refractivity contribution is 7.99. The van der Waals surface area contributed by atoms with E-state index in [9.17, 15) is 9.59 Å². The first kappa shape index (κ1) is 16.3. The van der Waals surface area contributed by atoms with E-state index in [1.165, 1.54) is 11.8 Å². The lowest BCUT2D eigenvalue weighted by atomic mass is 9.72. The molecule has 7 heteroatoms. The van der Waals surface area contributed by atoms with Crippen molar-refractivity contribution in [3.63, 3.8) is 0 Å². The Bertz CT molecular complexity index is 928. The number of nitrogens with zero attached hydrogens (tertiary/aromatic N) is 2. The molecule has 1 fully saturated rings. The lowest BCUT2D eigenvalue weighted by Gasteiger charge is -2.32. The molecule has 2 aromatic rings. The van der Waals surface area contributed by atoms with Crippen molar-refractivity contribution >= 4 is 29.1 Å². The molecular weight excluding hydrogens is 338 g/mol. The summed E-state index contributed by atoms with van der Waals surface area (Å²) in [6.07, 6.45) is 2.08. The number of ketones is 1. The van der Waals surface area contributed by atoms with Crippen molar-refractivity contribution in [3.8, 4) is 0 Å².